The smallest absolute Gasteiger partial charge is 0.305 e. The van der Waals surface area contributed by atoms with Gasteiger partial charge in [0, 0.05) is 44.8 Å². The lowest BCUT2D eigenvalue weighted by Gasteiger charge is -2.33. The Labute approximate surface area is 671 Å². The highest BCUT2D eigenvalue weighted by Crippen LogP contribution is 2.23. The number of benzene rings is 3. The molecule has 0 spiro atoms. The molecule has 2 heterocycles. The lowest BCUT2D eigenvalue weighted by atomic mass is 9.99. The molecule has 37 nitrogen and oxygen atoms in total. The number of fused-ring (bicyclic) bond motifs is 1. The monoisotopic (exact) mass is 1630 g/mol. The van der Waals surface area contributed by atoms with Crippen molar-refractivity contribution in [1.29, 1.82) is 0 Å². The summed E-state index contributed by atoms with van der Waals surface area (Å²) in [6, 6.07) is 2.69. The maximum Gasteiger partial charge on any atom is 0.305 e. The van der Waals surface area contributed by atoms with Gasteiger partial charge in [-0.25, -0.2) is 0 Å². The van der Waals surface area contributed by atoms with E-state index in [4.69, 9.17) is 5.73 Å². The predicted molar refractivity (Wildman–Crippen MR) is 420 cm³/mol. The molecule has 632 valence electrons. The molecule has 19 N–H and O–H groups in total. The number of likely N-dealkylation sites (N-methyl/N-ethyl adjacent to an activating group) is 2. The van der Waals surface area contributed by atoms with Crippen molar-refractivity contribution in [3.8, 4) is 11.1 Å². The van der Waals surface area contributed by atoms with Gasteiger partial charge in [-0.1, -0.05) is 98.8 Å². The topological polar surface area (TPSA) is 554 Å². The Morgan fingerprint density at radius 3 is 1.55 bits per heavy atom. The van der Waals surface area contributed by atoms with Crippen LogP contribution in [-0.2, 0) is 89.6 Å². The number of unbranched alkanes of at least 4 members (excludes halogenated alkanes) is 1. The maximum atomic E-state index is 15.0. The number of nitrogens with zero attached hydrogens (tertiary/aromatic N) is 3. The number of aliphatic carboxylic acids is 1. The van der Waals surface area contributed by atoms with Crippen LogP contribution in [0.25, 0.3) is 11.1 Å². The number of hydrogen-bond acceptors (Lipinski definition) is 22. The molecule has 5 rings (SSSR count). The molecule has 3 aromatic carbocycles. The lowest BCUT2D eigenvalue weighted by molar-refractivity contribution is -0.145. The zero-order chi connectivity index (χ0) is 85.7. The lowest BCUT2D eigenvalue weighted by Crippen LogP contribution is -2.64. The summed E-state index contributed by atoms with van der Waals surface area (Å²) < 4.78 is 0. The van der Waals surface area contributed by atoms with Gasteiger partial charge >= 0.3 is 5.97 Å². The predicted octanol–water partition coefficient (Wildman–Crippen LogP) is -4.54. The number of amides is 15. The molecule has 0 saturated carbocycles. The van der Waals surface area contributed by atoms with E-state index in [1.54, 1.807) is 54.6 Å². The van der Waals surface area contributed by atoms with Crippen molar-refractivity contribution in [1.82, 2.24) is 78.5 Å². The van der Waals surface area contributed by atoms with E-state index in [9.17, 15) is 97.5 Å². The third kappa shape index (κ3) is 29.6. The molecule has 0 radical (unpaired) electrons. The van der Waals surface area contributed by atoms with Gasteiger partial charge < -0.3 is 110 Å². The number of carbonyl (C=O) groups is 16. The summed E-state index contributed by atoms with van der Waals surface area (Å²) in [6.07, 6.45) is -4.39. The van der Waals surface area contributed by atoms with Gasteiger partial charge in [0.25, 0.3) is 0 Å². The molecular weight excluding hydrogens is 1520 g/mol. The molecule has 0 aliphatic carbocycles. The minimum absolute atomic E-state index is 0.00642. The normalized spacial score (nSPS) is 25.4. The van der Waals surface area contributed by atoms with Crippen molar-refractivity contribution in [2.24, 2.45) is 11.7 Å². The fraction of sp³-hybridized carbons (Fsp3) is 0.558. The van der Waals surface area contributed by atoms with Crippen LogP contribution in [0.5, 0.6) is 0 Å². The molecule has 115 heavy (non-hydrogen) atoms. The van der Waals surface area contributed by atoms with Gasteiger partial charge in [-0.15, -0.1) is 11.8 Å². The van der Waals surface area contributed by atoms with E-state index < -0.39 is 229 Å². The molecule has 0 bridgehead atoms. The van der Waals surface area contributed by atoms with E-state index in [-0.39, 0.29) is 44.2 Å². The zero-order valence-electron chi connectivity index (χ0n) is 66.5. The molecule has 38 heteroatoms. The van der Waals surface area contributed by atoms with Crippen LogP contribution in [0.2, 0.25) is 0 Å². The second-order valence-corrected chi connectivity index (χ2v) is 30.9. The van der Waals surface area contributed by atoms with Gasteiger partial charge in [-0.3, -0.25) is 76.7 Å². The quantitative estimate of drug-likeness (QED) is 0.0474. The summed E-state index contributed by atoms with van der Waals surface area (Å²) in [5.41, 5.74) is 7.71. The van der Waals surface area contributed by atoms with Gasteiger partial charge in [-0.05, 0) is 115 Å². The summed E-state index contributed by atoms with van der Waals surface area (Å²) in [7, 11) is 2.39. The molecule has 15 atom stereocenters. The summed E-state index contributed by atoms with van der Waals surface area (Å²) >= 11 is 0.774. The molecule has 2 saturated heterocycles. The fourth-order valence-electron chi connectivity index (χ4n) is 12.4. The Morgan fingerprint density at radius 1 is 0.539 bits per heavy atom. The average molecular weight is 1630 g/mol. The summed E-state index contributed by atoms with van der Waals surface area (Å²) in [5.74, 6) is -19.1. The highest BCUT2D eigenvalue weighted by atomic mass is 32.2. The summed E-state index contributed by atoms with van der Waals surface area (Å²) in [5, 5.41) is 83.3. The number of carbonyl (C=O) groups excluding carboxylic acids is 15. The van der Waals surface area contributed by atoms with Crippen molar-refractivity contribution in [2.75, 3.05) is 58.4 Å². The number of hydrogen-bond donors (Lipinski definition) is 18. The van der Waals surface area contributed by atoms with Crippen molar-refractivity contribution in [3.05, 3.63) is 96.1 Å². The minimum Gasteiger partial charge on any atom is -0.481 e. The third-order valence-electron chi connectivity index (χ3n) is 19.3. The first-order valence-electron chi connectivity index (χ1n) is 37.9. The third-order valence-corrected chi connectivity index (χ3v) is 20.3. The molecule has 2 aliphatic heterocycles. The van der Waals surface area contributed by atoms with E-state index in [2.05, 4.69) is 63.8 Å². The largest absolute Gasteiger partial charge is 0.481 e. The number of carboxylic acid groups (broad SMARTS) is 1. The van der Waals surface area contributed by atoms with Gasteiger partial charge in [0.15, 0.2) is 0 Å². The van der Waals surface area contributed by atoms with Gasteiger partial charge in [-0.2, -0.15) is 0 Å². The SMILES string of the molecule is CC(C)[C@@H]1NC(=O)[C@H](Cc2ccccc2)NC(=O)CSC[C@@H](C(=O)NCC(N)=O)NC(=O)[C@@H]2CCCN2C(=O)[C@H](CO)NC(=O)[C@H](CCCCNC(C)(C)C)NC(=O)[C@H](C)N(C)C(=O)[C@H](Cc2ccc(-c3ccccc3)cc2)NC(=O)[C@H](C)N(C)C(=O)[C@H](CO)NC(=O)[C@H]([C@@H](C)O)NC(=O)[C@H]([C@@H](C)O)NC(=O)[C@H](CC(=O)O)NC1=O. The van der Waals surface area contributed by atoms with Gasteiger partial charge in [0.1, 0.15) is 78.5 Å². The highest BCUT2D eigenvalue weighted by molar-refractivity contribution is 8.00. The number of carboxylic acids is 1. The minimum atomic E-state index is -2.10. The molecular formula is C77H112N16O21S. The van der Waals surface area contributed by atoms with Crippen LogP contribution in [-0.4, -0.2) is 290 Å². The Kier molecular flexibility index (Phi) is 37.5. The van der Waals surface area contributed by atoms with Crippen LogP contribution in [0.4, 0.5) is 0 Å². The van der Waals surface area contributed by atoms with Crippen molar-refractivity contribution >= 4 is 106 Å². The standard InChI is InChI=1S/C77H112N16O21S/c1-41(2)61-71(109)83-52(35-60(100)101)69(107)89-63(45(6)97)73(111)90-62(44(5)96)72(110)86-54(37-94)75(113)92(11)43(4)65(103)84-53(34-47-27-29-49(30-28-47)48-23-16-13-17-24-48)74(112)91(10)42(3)64(102)82-50(25-18-19-31-80-77(7,8)9)67(105)85-55(38-95)76(114)93-32-20-26-57(93)70(108)87-56(66(104)79-36-58(78)98)39-115-40-59(99)81-51(68(106)88-61)33-46-21-14-12-15-22-46/h12-17,21-24,27-30,41-45,50-57,61-63,80,94-97H,18-20,25-26,31-40H2,1-11H3,(H2,78,98)(H,79,104)(H,81,99)(H,82,102)(H,83,109)(H,84,103)(H,85,105)(H,86,110)(H,87,108)(H,88,106)(H,89,107)(H,90,111)(H,100,101)/t42-,43-,44+,45+,50-,51-,52-,53-,54-,55-,56-,57-,61-,62-,63-/m0/s1. The van der Waals surface area contributed by atoms with Crippen LogP contribution in [0.3, 0.4) is 0 Å². The molecule has 15 amide bonds. The van der Waals surface area contributed by atoms with E-state index in [1.807, 2.05) is 51.1 Å². The summed E-state index contributed by atoms with van der Waals surface area (Å²) in [6.45, 7) is 10.9. The first kappa shape index (κ1) is 94.9. The Bertz CT molecular complexity index is 3890. The fourth-order valence-corrected chi connectivity index (χ4v) is 13.2. The van der Waals surface area contributed by atoms with E-state index in [0.29, 0.717) is 30.5 Å². The van der Waals surface area contributed by atoms with E-state index in [0.717, 1.165) is 58.5 Å². The second-order valence-electron chi connectivity index (χ2n) is 29.9. The molecule has 2 fully saturated rings. The first-order valence-corrected chi connectivity index (χ1v) is 39.1. The van der Waals surface area contributed by atoms with Crippen LogP contribution in [0.15, 0.2) is 84.9 Å². The number of rotatable bonds is 20. The van der Waals surface area contributed by atoms with E-state index >= 15 is 4.79 Å². The molecule has 2 aliphatic rings. The number of aliphatic hydroxyl groups excluding tert-OH is 4. The van der Waals surface area contributed by atoms with Crippen LogP contribution in [0.1, 0.15) is 112 Å². The Balaban J connectivity index is 1.57. The zero-order valence-corrected chi connectivity index (χ0v) is 67.3. The van der Waals surface area contributed by atoms with Crippen molar-refractivity contribution < 1.29 is 102 Å². The Hall–Kier alpha value is -10.7. The number of thioether (sulfide) groups is 1. The van der Waals surface area contributed by atoms with Crippen LogP contribution >= 0.6 is 11.8 Å². The summed E-state index contributed by atoms with van der Waals surface area (Å²) in [4.78, 5) is 228. The van der Waals surface area contributed by atoms with Gasteiger partial charge in [0.05, 0.1) is 44.1 Å². The molecule has 0 unspecified atom stereocenters. The maximum absolute atomic E-state index is 15.0. The number of primary amides is 1. The van der Waals surface area contributed by atoms with Crippen molar-refractivity contribution in [3.63, 3.8) is 0 Å². The first-order chi connectivity index (χ1) is 54.2. The second kappa shape index (κ2) is 45.4. The Morgan fingerprint density at radius 2 is 1.00 bits per heavy atom. The number of nitrogens with two attached hydrogens (primary N) is 1. The average Bonchev–Trinajstić information content (AvgIpc) is 1.82. The molecule has 3 aromatic rings. The van der Waals surface area contributed by atoms with Crippen molar-refractivity contribution in [2.45, 2.75) is 210 Å². The van der Waals surface area contributed by atoms with Crippen LogP contribution < -0.4 is 69.5 Å². The van der Waals surface area contributed by atoms with Crippen LogP contribution in [0, 0.1) is 5.92 Å². The number of aliphatic hydroxyl groups is 4. The highest BCUT2D eigenvalue weighted by Gasteiger charge is 2.43. The van der Waals surface area contributed by atoms with E-state index in [1.165, 1.54) is 34.7 Å². The molecule has 0 aromatic heterocycles. The van der Waals surface area contributed by atoms with Gasteiger partial charge in [0.2, 0.25) is 88.6 Å². The number of nitrogens with one attached hydrogen (secondary N) is 12.